The van der Waals surface area contributed by atoms with Crippen molar-refractivity contribution in [1.29, 1.82) is 0 Å². The molecule has 0 saturated carbocycles. The molecule has 0 aliphatic carbocycles. The molecule has 23 heavy (non-hydrogen) atoms. The molecule has 0 aliphatic rings. The number of halogens is 1. The van der Waals surface area contributed by atoms with Crippen LogP contribution in [0.2, 0.25) is 0 Å². The molecule has 1 rings (SSSR count). The van der Waals surface area contributed by atoms with Crippen molar-refractivity contribution in [2.75, 3.05) is 26.3 Å². The van der Waals surface area contributed by atoms with Gasteiger partial charge in [-0.3, -0.25) is 0 Å². The van der Waals surface area contributed by atoms with E-state index in [0.717, 1.165) is 50.1 Å². The minimum absolute atomic E-state index is 0. The fourth-order valence-corrected chi connectivity index (χ4v) is 1.80. The third kappa shape index (κ3) is 9.80. The van der Waals surface area contributed by atoms with Gasteiger partial charge in [-0.2, -0.15) is 0 Å². The molecule has 0 spiro atoms. The second-order valence-electron chi connectivity index (χ2n) is 5.69. The van der Waals surface area contributed by atoms with Gasteiger partial charge in [-0.1, -0.05) is 13.8 Å². The predicted octanol–water partition coefficient (Wildman–Crippen LogP) is 3.03. The van der Waals surface area contributed by atoms with Crippen LogP contribution in [0, 0.1) is 19.8 Å². The van der Waals surface area contributed by atoms with E-state index in [1.165, 1.54) is 0 Å². The zero-order valence-electron chi connectivity index (χ0n) is 14.9. The number of oxazole rings is 1. The number of rotatable bonds is 9. The van der Waals surface area contributed by atoms with Crippen LogP contribution in [0.25, 0.3) is 0 Å². The van der Waals surface area contributed by atoms with Gasteiger partial charge in [0.05, 0.1) is 5.69 Å². The highest BCUT2D eigenvalue weighted by molar-refractivity contribution is 14.0. The van der Waals surface area contributed by atoms with E-state index in [2.05, 4.69) is 34.5 Å². The Morgan fingerprint density at radius 1 is 1.30 bits per heavy atom. The summed E-state index contributed by atoms with van der Waals surface area (Å²) in [4.78, 5) is 8.81. The molecule has 2 N–H and O–H groups in total. The fraction of sp³-hybridized carbons (Fsp3) is 0.750. The zero-order valence-corrected chi connectivity index (χ0v) is 17.3. The standard InChI is InChI=1S/C16H30N4O2.HI/c1-6-17-16(18-8-7-9-21-11-12(2)3)19-10-15-20-13(4)14(5)22-15;/h12H,6-11H2,1-5H3,(H2,17,18,19);1H. The molecule has 1 heterocycles. The van der Waals surface area contributed by atoms with Crippen LogP contribution in [0.3, 0.4) is 0 Å². The molecular formula is C16H31IN4O2. The summed E-state index contributed by atoms with van der Waals surface area (Å²) in [6.45, 7) is 13.9. The molecule has 1 aromatic rings. The van der Waals surface area contributed by atoms with Gasteiger partial charge >= 0.3 is 0 Å². The summed E-state index contributed by atoms with van der Waals surface area (Å²) in [7, 11) is 0. The lowest BCUT2D eigenvalue weighted by Gasteiger charge is -2.11. The van der Waals surface area contributed by atoms with Gasteiger partial charge in [0.1, 0.15) is 12.3 Å². The minimum Gasteiger partial charge on any atom is -0.444 e. The number of aryl methyl sites for hydroxylation is 2. The Bertz CT molecular complexity index is 441. The number of aromatic nitrogens is 1. The molecule has 0 bridgehead atoms. The molecule has 0 unspecified atom stereocenters. The highest BCUT2D eigenvalue weighted by atomic mass is 127. The topological polar surface area (TPSA) is 71.7 Å². The largest absolute Gasteiger partial charge is 0.444 e. The normalized spacial score (nSPS) is 11.5. The maximum Gasteiger partial charge on any atom is 0.216 e. The van der Waals surface area contributed by atoms with Crippen LogP contribution >= 0.6 is 24.0 Å². The number of nitrogens with zero attached hydrogens (tertiary/aromatic N) is 2. The Balaban J connectivity index is 0.00000484. The first kappa shape index (κ1) is 22.2. The molecule has 0 amide bonds. The van der Waals surface area contributed by atoms with Gasteiger partial charge in [0.25, 0.3) is 0 Å². The molecule has 1 aromatic heterocycles. The highest BCUT2D eigenvalue weighted by Gasteiger charge is 2.05. The summed E-state index contributed by atoms with van der Waals surface area (Å²) in [5, 5.41) is 6.50. The van der Waals surface area contributed by atoms with Crippen LogP contribution in [0.4, 0.5) is 0 Å². The molecule has 134 valence electrons. The van der Waals surface area contributed by atoms with Gasteiger partial charge in [-0.15, -0.1) is 24.0 Å². The van der Waals surface area contributed by atoms with Gasteiger partial charge in [-0.05, 0) is 33.1 Å². The Labute approximate surface area is 156 Å². The van der Waals surface area contributed by atoms with E-state index in [0.29, 0.717) is 18.4 Å². The van der Waals surface area contributed by atoms with Crippen molar-refractivity contribution in [3.05, 3.63) is 17.3 Å². The molecule has 0 radical (unpaired) electrons. The average molecular weight is 438 g/mol. The maximum absolute atomic E-state index is 5.56. The number of aliphatic imine (C=N–C) groups is 1. The van der Waals surface area contributed by atoms with Crippen LogP contribution in [0.15, 0.2) is 9.41 Å². The smallest absolute Gasteiger partial charge is 0.216 e. The number of hydrogen-bond acceptors (Lipinski definition) is 4. The van der Waals surface area contributed by atoms with Crippen LogP contribution in [-0.2, 0) is 11.3 Å². The van der Waals surface area contributed by atoms with Crippen LogP contribution in [-0.4, -0.2) is 37.2 Å². The summed E-state index contributed by atoms with van der Waals surface area (Å²) in [5.41, 5.74) is 0.922. The second-order valence-corrected chi connectivity index (χ2v) is 5.69. The lowest BCUT2D eigenvalue weighted by Crippen LogP contribution is -2.38. The van der Waals surface area contributed by atoms with Gasteiger partial charge in [-0.25, -0.2) is 9.98 Å². The third-order valence-corrected chi connectivity index (χ3v) is 3.00. The third-order valence-electron chi connectivity index (χ3n) is 3.00. The van der Waals surface area contributed by atoms with Crippen molar-refractivity contribution in [1.82, 2.24) is 15.6 Å². The highest BCUT2D eigenvalue weighted by Crippen LogP contribution is 2.08. The number of ether oxygens (including phenoxy) is 1. The average Bonchev–Trinajstić information content (AvgIpc) is 2.78. The number of guanidine groups is 1. The van der Waals surface area contributed by atoms with Crippen molar-refractivity contribution < 1.29 is 9.15 Å². The Morgan fingerprint density at radius 2 is 2.04 bits per heavy atom. The van der Waals surface area contributed by atoms with Crippen molar-refractivity contribution in [2.24, 2.45) is 10.9 Å². The van der Waals surface area contributed by atoms with E-state index in [1.807, 2.05) is 20.8 Å². The first-order valence-electron chi connectivity index (χ1n) is 8.05. The van der Waals surface area contributed by atoms with Crippen molar-refractivity contribution >= 4 is 29.9 Å². The second kappa shape index (κ2) is 12.6. The van der Waals surface area contributed by atoms with E-state index < -0.39 is 0 Å². The van der Waals surface area contributed by atoms with E-state index in [-0.39, 0.29) is 24.0 Å². The molecule has 6 nitrogen and oxygen atoms in total. The van der Waals surface area contributed by atoms with Crippen molar-refractivity contribution in [3.8, 4) is 0 Å². The SMILES string of the molecule is CCNC(=NCc1nc(C)c(C)o1)NCCCOCC(C)C.I. The van der Waals surface area contributed by atoms with E-state index in [1.54, 1.807) is 0 Å². The summed E-state index contributed by atoms with van der Waals surface area (Å²) in [6.07, 6.45) is 0.953. The lowest BCUT2D eigenvalue weighted by molar-refractivity contribution is 0.108. The lowest BCUT2D eigenvalue weighted by atomic mass is 10.2. The zero-order chi connectivity index (χ0) is 16.4. The van der Waals surface area contributed by atoms with Gasteiger partial charge in [0.15, 0.2) is 5.96 Å². The summed E-state index contributed by atoms with van der Waals surface area (Å²) in [6, 6.07) is 0. The fourth-order valence-electron chi connectivity index (χ4n) is 1.80. The number of hydrogen-bond donors (Lipinski definition) is 2. The van der Waals surface area contributed by atoms with Crippen LogP contribution < -0.4 is 10.6 Å². The summed E-state index contributed by atoms with van der Waals surface area (Å²) in [5.74, 6) is 2.86. The van der Waals surface area contributed by atoms with Crippen molar-refractivity contribution in [2.45, 2.75) is 47.6 Å². The number of nitrogens with one attached hydrogen (secondary N) is 2. The van der Waals surface area contributed by atoms with E-state index in [9.17, 15) is 0 Å². The molecule has 0 aromatic carbocycles. The monoisotopic (exact) mass is 438 g/mol. The maximum atomic E-state index is 5.56. The molecule has 0 atom stereocenters. The van der Waals surface area contributed by atoms with Crippen LogP contribution in [0.1, 0.15) is 44.5 Å². The summed E-state index contributed by atoms with van der Waals surface area (Å²) >= 11 is 0. The van der Waals surface area contributed by atoms with E-state index >= 15 is 0 Å². The molecule has 7 heteroatoms. The summed E-state index contributed by atoms with van der Waals surface area (Å²) < 4.78 is 11.1. The Hall–Kier alpha value is -0.830. The first-order chi connectivity index (χ1) is 10.5. The van der Waals surface area contributed by atoms with Crippen LogP contribution in [0.5, 0.6) is 0 Å². The Kier molecular flexibility index (Phi) is 12.1. The van der Waals surface area contributed by atoms with E-state index in [4.69, 9.17) is 9.15 Å². The van der Waals surface area contributed by atoms with Gasteiger partial charge < -0.3 is 19.8 Å². The van der Waals surface area contributed by atoms with Gasteiger partial charge in [0.2, 0.25) is 5.89 Å². The van der Waals surface area contributed by atoms with Crippen molar-refractivity contribution in [3.63, 3.8) is 0 Å². The Morgan fingerprint density at radius 3 is 2.61 bits per heavy atom. The molecular weight excluding hydrogens is 407 g/mol. The quantitative estimate of drug-likeness (QED) is 0.269. The molecule has 0 fully saturated rings. The minimum atomic E-state index is 0. The van der Waals surface area contributed by atoms with Gasteiger partial charge in [0, 0.05) is 26.3 Å². The molecule has 0 aliphatic heterocycles. The molecule has 0 saturated heterocycles. The first-order valence-corrected chi connectivity index (χ1v) is 8.05. The predicted molar refractivity (Wildman–Crippen MR) is 104 cm³/mol.